The number of rotatable bonds is 7. The van der Waals surface area contributed by atoms with E-state index in [1.54, 1.807) is 6.92 Å². The first-order valence-corrected chi connectivity index (χ1v) is 9.00. The van der Waals surface area contributed by atoms with Gasteiger partial charge in [-0.15, -0.1) is 0 Å². The van der Waals surface area contributed by atoms with Gasteiger partial charge >= 0.3 is 16.3 Å². The van der Waals surface area contributed by atoms with E-state index in [0.717, 1.165) is 38.6 Å². The van der Waals surface area contributed by atoms with Crippen LogP contribution in [0.1, 0.15) is 46.0 Å². The number of carbonyl (C=O) groups is 1. The highest BCUT2D eigenvalue weighted by atomic mass is 32.2. The molecule has 124 valence electrons. The Labute approximate surface area is 127 Å². The molecule has 0 heterocycles. The van der Waals surface area contributed by atoms with Crippen LogP contribution in [0, 0.1) is 0 Å². The molecular formula is C13H27N3O4S. The first kappa shape index (κ1) is 18.2. The second-order valence-corrected chi connectivity index (χ2v) is 7.03. The maximum atomic E-state index is 12.1. The van der Waals surface area contributed by atoms with Crippen LogP contribution in [-0.4, -0.2) is 51.1 Å². The molecule has 1 saturated carbocycles. The summed E-state index contributed by atoms with van der Waals surface area (Å²) >= 11 is 0. The van der Waals surface area contributed by atoms with Crippen LogP contribution >= 0.6 is 0 Å². The molecule has 0 bridgehead atoms. The minimum atomic E-state index is -3.83. The average molecular weight is 321 g/mol. The summed E-state index contributed by atoms with van der Waals surface area (Å²) in [6.45, 7) is 4.88. The smallest absolute Gasteiger partial charge is 0.421 e. The molecule has 0 aromatic rings. The molecule has 2 N–H and O–H groups in total. The van der Waals surface area contributed by atoms with Gasteiger partial charge in [-0.3, -0.25) is 0 Å². The minimum Gasteiger partial charge on any atom is -0.449 e. The Kier molecular flexibility index (Phi) is 7.41. The van der Waals surface area contributed by atoms with Crippen molar-refractivity contribution in [3.05, 3.63) is 0 Å². The third kappa shape index (κ3) is 5.80. The van der Waals surface area contributed by atoms with Crippen LogP contribution in [0.4, 0.5) is 4.79 Å². The summed E-state index contributed by atoms with van der Waals surface area (Å²) in [5.41, 5.74) is 0. The van der Waals surface area contributed by atoms with Crippen molar-refractivity contribution in [1.29, 1.82) is 0 Å². The number of hydrogen-bond acceptors (Lipinski definition) is 5. The highest BCUT2D eigenvalue weighted by Crippen LogP contribution is 2.23. The van der Waals surface area contributed by atoms with Crippen LogP contribution in [0.5, 0.6) is 0 Å². The summed E-state index contributed by atoms with van der Waals surface area (Å²) in [6.07, 6.45) is 3.65. The lowest BCUT2D eigenvalue weighted by atomic mass is 9.91. The summed E-state index contributed by atoms with van der Waals surface area (Å²) in [5.74, 6) is 0. The third-order valence-electron chi connectivity index (χ3n) is 3.76. The van der Waals surface area contributed by atoms with E-state index in [4.69, 9.17) is 0 Å². The highest BCUT2D eigenvalue weighted by Gasteiger charge is 2.31. The van der Waals surface area contributed by atoms with Crippen molar-refractivity contribution in [2.45, 2.75) is 58.0 Å². The van der Waals surface area contributed by atoms with Gasteiger partial charge in [0.05, 0.1) is 6.61 Å². The standard InChI is InChI=1S/C13H27N3O4S/c1-4-10-14-11-6-8-12(9-7-11)16(3)21(18,19)15-13(17)20-5-2/h11-12,14H,4-10H2,1-3H3,(H,15,17). The Balaban J connectivity index is 2.48. The maximum absolute atomic E-state index is 12.1. The molecule has 1 fully saturated rings. The predicted molar refractivity (Wildman–Crippen MR) is 81.2 cm³/mol. The van der Waals surface area contributed by atoms with E-state index in [2.05, 4.69) is 17.0 Å². The monoisotopic (exact) mass is 321 g/mol. The van der Waals surface area contributed by atoms with Crippen molar-refractivity contribution in [3.8, 4) is 0 Å². The van der Waals surface area contributed by atoms with Crippen LogP contribution in [-0.2, 0) is 14.9 Å². The topological polar surface area (TPSA) is 87.7 Å². The van der Waals surface area contributed by atoms with Crippen molar-refractivity contribution in [2.75, 3.05) is 20.2 Å². The lowest BCUT2D eigenvalue weighted by Crippen LogP contribution is -2.48. The molecule has 7 nitrogen and oxygen atoms in total. The number of hydrogen-bond donors (Lipinski definition) is 2. The Morgan fingerprint density at radius 3 is 2.38 bits per heavy atom. The Hall–Kier alpha value is -0.860. The first-order valence-electron chi connectivity index (χ1n) is 7.56. The van der Waals surface area contributed by atoms with E-state index in [1.165, 1.54) is 11.4 Å². The van der Waals surface area contributed by atoms with Crippen molar-refractivity contribution < 1.29 is 17.9 Å². The van der Waals surface area contributed by atoms with Gasteiger partial charge in [-0.25, -0.2) is 9.52 Å². The quantitative estimate of drug-likeness (QED) is 0.736. The number of carbonyl (C=O) groups excluding carboxylic acids is 1. The molecule has 0 radical (unpaired) electrons. The van der Waals surface area contributed by atoms with Crippen molar-refractivity contribution in [1.82, 2.24) is 14.3 Å². The molecule has 1 aliphatic rings. The van der Waals surface area contributed by atoms with E-state index >= 15 is 0 Å². The SMILES string of the molecule is CCCNC1CCC(N(C)S(=O)(=O)NC(=O)OCC)CC1. The summed E-state index contributed by atoms with van der Waals surface area (Å²) in [6, 6.07) is 0.395. The van der Waals surface area contributed by atoms with Gasteiger partial charge in [-0.05, 0) is 45.6 Å². The van der Waals surface area contributed by atoms with Gasteiger partial charge in [0.25, 0.3) is 0 Å². The zero-order chi connectivity index (χ0) is 15.9. The fourth-order valence-corrected chi connectivity index (χ4v) is 3.54. The number of ether oxygens (including phenoxy) is 1. The molecule has 0 unspecified atom stereocenters. The zero-order valence-electron chi connectivity index (χ0n) is 13.1. The van der Waals surface area contributed by atoms with Gasteiger partial charge in [0.2, 0.25) is 0 Å². The molecule has 1 amide bonds. The van der Waals surface area contributed by atoms with Crippen LogP contribution in [0.15, 0.2) is 0 Å². The molecule has 0 spiro atoms. The number of nitrogens with one attached hydrogen (secondary N) is 2. The molecule has 0 saturated heterocycles. The molecule has 21 heavy (non-hydrogen) atoms. The van der Waals surface area contributed by atoms with E-state index in [9.17, 15) is 13.2 Å². The van der Waals surface area contributed by atoms with Crippen LogP contribution < -0.4 is 10.0 Å². The Morgan fingerprint density at radius 2 is 1.86 bits per heavy atom. The molecule has 8 heteroatoms. The van der Waals surface area contributed by atoms with Crippen molar-refractivity contribution in [2.24, 2.45) is 0 Å². The Bertz CT molecular complexity index is 419. The molecule has 0 aromatic carbocycles. The van der Waals surface area contributed by atoms with E-state index in [0.29, 0.717) is 6.04 Å². The number of nitrogens with zero attached hydrogens (tertiary/aromatic N) is 1. The normalized spacial score (nSPS) is 23.0. The average Bonchev–Trinajstić information content (AvgIpc) is 2.44. The van der Waals surface area contributed by atoms with Gasteiger partial charge in [0, 0.05) is 19.1 Å². The maximum Gasteiger partial charge on any atom is 0.421 e. The molecule has 0 aliphatic heterocycles. The van der Waals surface area contributed by atoms with Gasteiger partial charge < -0.3 is 10.1 Å². The van der Waals surface area contributed by atoms with Crippen LogP contribution in [0.2, 0.25) is 0 Å². The van der Waals surface area contributed by atoms with Gasteiger partial charge in [0.15, 0.2) is 0 Å². The fraction of sp³-hybridized carbons (Fsp3) is 0.923. The third-order valence-corrected chi connectivity index (χ3v) is 5.24. The summed E-state index contributed by atoms with van der Waals surface area (Å²) in [7, 11) is -2.32. The van der Waals surface area contributed by atoms with Gasteiger partial charge in [-0.2, -0.15) is 12.7 Å². The van der Waals surface area contributed by atoms with Crippen molar-refractivity contribution in [3.63, 3.8) is 0 Å². The lowest BCUT2D eigenvalue weighted by molar-refractivity contribution is 0.157. The fourth-order valence-electron chi connectivity index (χ4n) is 2.53. The first-order chi connectivity index (χ1) is 9.90. The Morgan fingerprint density at radius 1 is 1.24 bits per heavy atom. The second-order valence-electron chi connectivity index (χ2n) is 5.30. The predicted octanol–water partition coefficient (Wildman–Crippen LogP) is 1.22. The largest absolute Gasteiger partial charge is 0.449 e. The highest BCUT2D eigenvalue weighted by molar-refractivity contribution is 7.87. The van der Waals surface area contributed by atoms with E-state index in [-0.39, 0.29) is 12.6 Å². The van der Waals surface area contributed by atoms with Crippen LogP contribution in [0.25, 0.3) is 0 Å². The molecule has 0 atom stereocenters. The summed E-state index contributed by atoms with van der Waals surface area (Å²) < 4.78 is 31.9. The van der Waals surface area contributed by atoms with Gasteiger partial charge in [-0.1, -0.05) is 6.92 Å². The molecule has 1 aliphatic carbocycles. The summed E-state index contributed by atoms with van der Waals surface area (Å²) in [5, 5.41) is 3.46. The zero-order valence-corrected chi connectivity index (χ0v) is 13.9. The number of amides is 1. The minimum absolute atomic E-state index is 0.0726. The second kappa shape index (κ2) is 8.55. The van der Waals surface area contributed by atoms with Crippen molar-refractivity contribution >= 4 is 16.3 Å². The van der Waals surface area contributed by atoms with Crippen LogP contribution in [0.3, 0.4) is 0 Å². The molecular weight excluding hydrogens is 294 g/mol. The van der Waals surface area contributed by atoms with Gasteiger partial charge in [0.1, 0.15) is 0 Å². The summed E-state index contributed by atoms with van der Waals surface area (Å²) in [4.78, 5) is 11.3. The molecule has 1 rings (SSSR count). The molecule has 0 aromatic heterocycles. The van der Waals surface area contributed by atoms with E-state index in [1.807, 2.05) is 4.72 Å². The lowest BCUT2D eigenvalue weighted by Gasteiger charge is -2.34. The van der Waals surface area contributed by atoms with E-state index < -0.39 is 16.3 Å².